The molecule has 1 fully saturated rings. The van der Waals surface area contributed by atoms with Crippen molar-refractivity contribution in [2.24, 2.45) is 0 Å². The monoisotopic (exact) mass is 369 g/mol. The summed E-state index contributed by atoms with van der Waals surface area (Å²) in [5, 5.41) is 5.75. The molecule has 1 saturated carbocycles. The number of halogens is 1. The van der Waals surface area contributed by atoms with E-state index in [2.05, 4.69) is 15.6 Å². The first-order valence-electron chi connectivity index (χ1n) is 9.27. The van der Waals surface area contributed by atoms with Gasteiger partial charge < -0.3 is 10.6 Å². The summed E-state index contributed by atoms with van der Waals surface area (Å²) >= 11 is 0. The second kappa shape index (κ2) is 7.86. The summed E-state index contributed by atoms with van der Waals surface area (Å²) in [6.07, 6.45) is 4.25. The number of rotatable bonds is 6. The van der Waals surface area contributed by atoms with E-state index >= 15 is 0 Å². The number of carbonyl (C=O) groups is 2. The highest BCUT2D eigenvalue weighted by molar-refractivity contribution is 5.96. The van der Waals surface area contributed by atoms with E-state index in [0.29, 0.717) is 22.4 Å². The Morgan fingerprint density at radius 3 is 2.56 bits per heavy atom. The van der Waals surface area contributed by atoms with E-state index in [1.807, 2.05) is 13.8 Å². The maximum absolute atomic E-state index is 14.4. The van der Waals surface area contributed by atoms with Crippen LogP contribution in [0.25, 0.3) is 11.3 Å². The molecule has 3 rings (SSSR count). The molecule has 1 aliphatic rings. The number of hydrogen-bond acceptors (Lipinski definition) is 3. The third kappa shape index (κ3) is 4.51. The number of aromatic nitrogens is 1. The predicted octanol–water partition coefficient (Wildman–Crippen LogP) is 3.62. The molecule has 2 aromatic rings. The zero-order valence-electron chi connectivity index (χ0n) is 15.8. The molecule has 0 saturated heterocycles. The molecule has 1 unspecified atom stereocenters. The van der Waals surface area contributed by atoms with E-state index in [1.165, 1.54) is 12.3 Å². The maximum Gasteiger partial charge on any atom is 0.253 e. The average molecular weight is 369 g/mol. The number of nitrogens with zero attached hydrogens (tertiary/aromatic N) is 1. The first-order valence-corrected chi connectivity index (χ1v) is 9.27. The average Bonchev–Trinajstić information content (AvgIpc) is 3.47. The van der Waals surface area contributed by atoms with Crippen LogP contribution in [0, 0.1) is 12.7 Å². The highest BCUT2D eigenvalue weighted by Gasteiger charge is 2.24. The van der Waals surface area contributed by atoms with Gasteiger partial charge in [0.2, 0.25) is 0 Å². The summed E-state index contributed by atoms with van der Waals surface area (Å²) in [6.45, 7) is 5.58. The van der Waals surface area contributed by atoms with Gasteiger partial charge in [0, 0.05) is 29.4 Å². The van der Waals surface area contributed by atoms with Crippen molar-refractivity contribution < 1.29 is 14.0 Å². The van der Waals surface area contributed by atoms with Crippen LogP contribution in [0.1, 0.15) is 59.4 Å². The Morgan fingerprint density at radius 1 is 1.22 bits per heavy atom. The number of carbonyl (C=O) groups excluding carboxylic acids is 2. The quantitative estimate of drug-likeness (QED) is 0.817. The van der Waals surface area contributed by atoms with Gasteiger partial charge in [0.15, 0.2) is 0 Å². The van der Waals surface area contributed by atoms with Crippen molar-refractivity contribution in [2.75, 3.05) is 0 Å². The van der Waals surface area contributed by atoms with Crippen LogP contribution in [0.5, 0.6) is 0 Å². The largest absolute Gasteiger partial charge is 0.350 e. The Balaban J connectivity index is 1.85. The molecule has 0 aliphatic heterocycles. The molecule has 5 nitrogen and oxygen atoms in total. The van der Waals surface area contributed by atoms with E-state index in [0.717, 1.165) is 19.3 Å². The molecule has 0 bridgehead atoms. The van der Waals surface area contributed by atoms with Crippen LogP contribution >= 0.6 is 0 Å². The van der Waals surface area contributed by atoms with E-state index in [9.17, 15) is 14.0 Å². The molecule has 1 atom stereocenters. The summed E-state index contributed by atoms with van der Waals surface area (Å²) in [4.78, 5) is 28.8. The number of benzene rings is 1. The smallest absolute Gasteiger partial charge is 0.253 e. The maximum atomic E-state index is 14.4. The molecule has 1 heterocycles. The number of pyridine rings is 1. The molecule has 1 aromatic carbocycles. The van der Waals surface area contributed by atoms with Gasteiger partial charge in [0.1, 0.15) is 5.82 Å². The first kappa shape index (κ1) is 19.0. The van der Waals surface area contributed by atoms with Crippen LogP contribution in [-0.2, 0) is 0 Å². The van der Waals surface area contributed by atoms with Gasteiger partial charge in [-0.1, -0.05) is 6.92 Å². The molecule has 27 heavy (non-hydrogen) atoms. The SMILES string of the molecule is CCC(C)NC(=O)c1ccc(-c2cc(C(=O)NC3CC3)cc(F)c2C)nc1. The summed E-state index contributed by atoms with van der Waals surface area (Å²) in [5.41, 5.74) is 2.21. The minimum Gasteiger partial charge on any atom is -0.350 e. The summed E-state index contributed by atoms with van der Waals surface area (Å²) < 4.78 is 14.4. The summed E-state index contributed by atoms with van der Waals surface area (Å²) in [6, 6.07) is 6.52. The van der Waals surface area contributed by atoms with E-state index < -0.39 is 5.82 Å². The Hall–Kier alpha value is -2.76. The third-order valence-corrected chi connectivity index (χ3v) is 4.81. The fraction of sp³-hybridized carbons (Fsp3) is 0.381. The van der Waals surface area contributed by atoms with Crippen molar-refractivity contribution in [3.8, 4) is 11.3 Å². The highest BCUT2D eigenvalue weighted by Crippen LogP contribution is 2.26. The van der Waals surface area contributed by atoms with Gasteiger partial charge in [0.05, 0.1) is 11.3 Å². The predicted molar refractivity (Wildman–Crippen MR) is 102 cm³/mol. The molecule has 1 aliphatic carbocycles. The third-order valence-electron chi connectivity index (χ3n) is 4.81. The van der Waals surface area contributed by atoms with Crippen LogP contribution in [0.4, 0.5) is 4.39 Å². The molecule has 0 spiro atoms. The minimum atomic E-state index is -0.450. The molecule has 6 heteroatoms. The Bertz CT molecular complexity index is 860. The van der Waals surface area contributed by atoms with Crippen LogP contribution in [0.2, 0.25) is 0 Å². The van der Waals surface area contributed by atoms with Crippen molar-refractivity contribution in [1.82, 2.24) is 15.6 Å². The molecule has 142 valence electrons. The second-order valence-corrected chi connectivity index (χ2v) is 7.09. The molecular formula is C21H24FN3O2. The fourth-order valence-electron chi connectivity index (χ4n) is 2.67. The van der Waals surface area contributed by atoms with Crippen LogP contribution in [0.15, 0.2) is 30.5 Å². The summed E-state index contributed by atoms with van der Waals surface area (Å²) in [7, 11) is 0. The Morgan fingerprint density at radius 2 is 1.96 bits per heavy atom. The molecular weight excluding hydrogens is 345 g/mol. The van der Waals surface area contributed by atoms with Gasteiger partial charge in [-0.05, 0) is 62.9 Å². The minimum absolute atomic E-state index is 0.0789. The van der Waals surface area contributed by atoms with Crippen molar-refractivity contribution >= 4 is 11.8 Å². The number of hydrogen-bond donors (Lipinski definition) is 2. The van der Waals surface area contributed by atoms with Gasteiger partial charge in [-0.2, -0.15) is 0 Å². The van der Waals surface area contributed by atoms with Gasteiger partial charge in [0.25, 0.3) is 11.8 Å². The van der Waals surface area contributed by atoms with E-state index in [-0.39, 0.29) is 29.5 Å². The van der Waals surface area contributed by atoms with E-state index in [1.54, 1.807) is 25.1 Å². The van der Waals surface area contributed by atoms with Crippen LogP contribution < -0.4 is 10.6 Å². The van der Waals surface area contributed by atoms with Crippen LogP contribution in [-0.4, -0.2) is 28.9 Å². The molecule has 2 N–H and O–H groups in total. The van der Waals surface area contributed by atoms with Gasteiger partial charge in [-0.25, -0.2) is 4.39 Å². The van der Waals surface area contributed by atoms with Crippen LogP contribution in [0.3, 0.4) is 0 Å². The standard InChI is InChI=1S/C21H24FN3O2/c1-4-12(2)24-20(26)14-5-8-19(23-11-14)17-9-15(10-18(22)13(17)3)21(27)25-16-6-7-16/h5,8-12,16H,4,6-7H2,1-3H3,(H,24,26)(H,25,27). The lowest BCUT2D eigenvalue weighted by Gasteiger charge is -2.12. The van der Waals surface area contributed by atoms with Crippen molar-refractivity contribution in [2.45, 2.75) is 52.1 Å². The lowest BCUT2D eigenvalue weighted by Crippen LogP contribution is -2.31. The van der Waals surface area contributed by atoms with Gasteiger partial charge in [-0.3, -0.25) is 14.6 Å². The molecule has 2 amide bonds. The Kier molecular flexibility index (Phi) is 5.54. The van der Waals surface area contributed by atoms with Crippen molar-refractivity contribution in [3.63, 3.8) is 0 Å². The number of amides is 2. The lowest BCUT2D eigenvalue weighted by atomic mass is 10.00. The topological polar surface area (TPSA) is 71.1 Å². The number of nitrogens with one attached hydrogen (secondary N) is 2. The van der Waals surface area contributed by atoms with Crippen molar-refractivity contribution in [3.05, 3.63) is 53.0 Å². The van der Waals surface area contributed by atoms with E-state index in [4.69, 9.17) is 0 Å². The summed E-state index contributed by atoms with van der Waals surface area (Å²) in [5.74, 6) is -0.917. The second-order valence-electron chi connectivity index (χ2n) is 7.09. The fourth-order valence-corrected chi connectivity index (χ4v) is 2.67. The lowest BCUT2D eigenvalue weighted by molar-refractivity contribution is 0.0934. The van der Waals surface area contributed by atoms with Gasteiger partial charge in [-0.15, -0.1) is 0 Å². The van der Waals surface area contributed by atoms with Crippen molar-refractivity contribution in [1.29, 1.82) is 0 Å². The normalized spacial score (nSPS) is 14.5. The molecule has 0 radical (unpaired) electrons. The molecule has 1 aromatic heterocycles. The zero-order chi connectivity index (χ0) is 19.6. The van der Waals surface area contributed by atoms with Gasteiger partial charge >= 0.3 is 0 Å². The Labute approximate surface area is 158 Å². The zero-order valence-corrected chi connectivity index (χ0v) is 15.8. The first-order chi connectivity index (χ1) is 12.9. The highest BCUT2D eigenvalue weighted by atomic mass is 19.1.